The Morgan fingerprint density at radius 1 is 0.812 bits per heavy atom. The highest BCUT2D eigenvalue weighted by Crippen LogP contribution is 2.68. The molecule has 12 nitrogen and oxygen atoms in total. The van der Waals surface area contributed by atoms with Crippen LogP contribution >= 0.6 is 11.3 Å². The van der Waals surface area contributed by atoms with Crippen molar-refractivity contribution < 1.29 is 13.4 Å². The topological polar surface area (TPSA) is 145 Å². The smallest absolute Gasteiger partial charge is 0.215 e. The van der Waals surface area contributed by atoms with Gasteiger partial charge in [0, 0.05) is 64.3 Å². The first kappa shape index (κ1) is 26.8. The number of hydrogen-bond donors (Lipinski definition) is 3. The summed E-state index contributed by atoms with van der Waals surface area (Å²) in [5.74, 6) is 2.23. The molecule has 0 saturated carbocycles. The quantitative estimate of drug-likeness (QED) is 0.161. The number of benzene rings is 2. The average Bonchev–Trinajstić information content (AvgIpc) is 3.97. The number of aromatic nitrogens is 7. The SMILES string of the molecule is c1coc(N2N(c3cc4ccccc4[nH]3)C(c3[nH]cc4ccccc34)C(c3ncco3)(c3nccs3)C2(c2ccon2)c2ncc[nH]2)c1. The van der Waals surface area contributed by atoms with Crippen molar-refractivity contribution in [1.82, 2.24) is 35.1 Å². The van der Waals surface area contributed by atoms with Gasteiger partial charge in [0.1, 0.15) is 40.9 Å². The molecule has 0 bridgehead atoms. The lowest BCUT2D eigenvalue weighted by Gasteiger charge is -2.43. The van der Waals surface area contributed by atoms with Gasteiger partial charge in [-0.05, 0) is 23.6 Å². The van der Waals surface area contributed by atoms with Gasteiger partial charge in [-0.25, -0.2) is 20.0 Å². The summed E-state index contributed by atoms with van der Waals surface area (Å²) in [6.45, 7) is 0. The molecule has 0 amide bonds. The number of nitrogens with zero attached hydrogens (tertiary/aromatic N) is 6. The molecule has 10 rings (SSSR count). The summed E-state index contributed by atoms with van der Waals surface area (Å²) in [6, 6.07) is 23.6. The zero-order valence-electron chi connectivity index (χ0n) is 25.0. The van der Waals surface area contributed by atoms with Crippen LogP contribution in [0.2, 0.25) is 0 Å². The summed E-state index contributed by atoms with van der Waals surface area (Å²) < 4.78 is 18.5. The van der Waals surface area contributed by atoms with Crippen molar-refractivity contribution in [3.8, 4) is 0 Å². The summed E-state index contributed by atoms with van der Waals surface area (Å²) in [5, 5.41) is 14.7. The highest BCUT2D eigenvalue weighted by Gasteiger charge is 2.78. The van der Waals surface area contributed by atoms with Gasteiger partial charge in [-0.3, -0.25) is 5.01 Å². The lowest BCUT2D eigenvalue weighted by atomic mass is 9.62. The van der Waals surface area contributed by atoms with Crippen LogP contribution in [0.1, 0.15) is 34.2 Å². The Morgan fingerprint density at radius 3 is 2.48 bits per heavy atom. The maximum atomic E-state index is 6.49. The molecule has 1 fully saturated rings. The third-order valence-corrected chi connectivity index (χ3v) is 10.2. The van der Waals surface area contributed by atoms with Gasteiger partial charge in [0.2, 0.25) is 11.8 Å². The summed E-state index contributed by atoms with van der Waals surface area (Å²) in [6.07, 6.45) is 13.8. The fourth-order valence-corrected chi connectivity index (χ4v) is 8.54. The predicted molar refractivity (Wildman–Crippen MR) is 178 cm³/mol. The largest absolute Gasteiger partial charge is 0.448 e. The lowest BCUT2D eigenvalue weighted by molar-refractivity contribution is 0.239. The second-order valence-corrected chi connectivity index (χ2v) is 12.5. The Hall–Kier alpha value is -6.34. The van der Waals surface area contributed by atoms with Crippen molar-refractivity contribution in [3.63, 3.8) is 0 Å². The van der Waals surface area contributed by atoms with E-state index in [0.29, 0.717) is 28.3 Å². The molecule has 8 heterocycles. The number of imidazole rings is 1. The average molecular weight is 652 g/mol. The summed E-state index contributed by atoms with van der Waals surface area (Å²) in [4.78, 5) is 25.9. The van der Waals surface area contributed by atoms with E-state index in [4.69, 9.17) is 33.5 Å². The van der Waals surface area contributed by atoms with E-state index in [0.717, 1.165) is 33.2 Å². The fraction of sp³-hybridized carbons (Fsp3) is 0.0857. The molecular formula is C35H25N9O3S. The Balaban J connectivity index is 1.46. The number of hydrazine groups is 1. The minimum absolute atomic E-state index is 0.399. The van der Waals surface area contributed by atoms with E-state index in [1.54, 1.807) is 43.6 Å². The van der Waals surface area contributed by atoms with Crippen molar-refractivity contribution >= 4 is 44.7 Å². The molecule has 9 aromatic rings. The molecule has 2 aromatic carbocycles. The number of para-hydroxylation sites is 1. The number of furan rings is 1. The van der Waals surface area contributed by atoms with Crippen LogP contribution in [0.3, 0.4) is 0 Å². The number of nitrogens with one attached hydrogen (secondary N) is 3. The number of aromatic amines is 3. The molecule has 1 aliphatic heterocycles. The zero-order valence-corrected chi connectivity index (χ0v) is 25.8. The van der Waals surface area contributed by atoms with E-state index in [9.17, 15) is 0 Å². The minimum atomic E-state index is -1.40. The lowest BCUT2D eigenvalue weighted by Crippen LogP contribution is -2.58. The van der Waals surface area contributed by atoms with Crippen LogP contribution in [0.5, 0.6) is 0 Å². The first-order valence-corrected chi connectivity index (χ1v) is 16.2. The van der Waals surface area contributed by atoms with Crippen LogP contribution < -0.4 is 10.0 Å². The van der Waals surface area contributed by atoms with Gasteiger partial charge in [0.05, 0.1) is 12.5 Å². The Bertz CT molecular complexity index is 2340. The van der Waals surface area contributed by atoms with Crippen molar-refractivity contribution in [3.05, 3.63) is 156 Å². The number of rotatable bonds is 7. The van der Waals surface area contributed by atoms with Crippen LogP contribution in [0, 0.1) is 0 Å². The van der Waals surface area contributed by atoms with Crippen molar-refractivity contribution in [2.75, 3.05) is 10.0 Å². The van der Waals surface area contributed by atoms with Crippen molar-refractivity contribution in [2.45, 2.75) is 17.0 Å². The molecule has 0 radical (unpaired) electrons. The van der Waals surface area contributed by atoms with E-state index in [1.807, 2.05) is 54.0 Å². The van der Waals surface area contributed by atoms with Gasteiger partial charge in [-0.15, -0.1) is 11.3 Å². The number of oxazole rings is 1. The van der Waals surface area contributed by atoms with Gasteiger partial charge in [-0.2, -0.15) is 0 Å². The van der Waals surface area contributed by atoms with E-state index in [1.165, 1.54) is 11.3 Å². The van der Waals surface area contributed by atoms with Gasteiger partial charge in [-0.1, -0.05) is 47.6 Å². The highest BCUT2D eigenvalue weighted by molar-refractivity contribution is 7.09. The zero-order chi connectivity index (χ0) is 31.7. The third-order valence-electron chi connectivity index (χ3n) is 9.33. The molecule has 234 valence electrons. The molecule has 0 spiro atoms. The number of fused-ring (bicyclic) bond motifs is 2. The summed E-state index contributed by atoms with van der Waals surface area (Å²) in [5.41, 5.74) is -0.322. The molecule has 13 heteroatoms. The molecule has 0 aliphatic carbocycles. The second-order valence-electron chi connectivity index (χ2n) is 11.6. The number of H-pyrrole nitrogens is 3. The van der Waals surface area contributed by atoms with E-state index >= 15 is 0 Å². The van der Waals surface area contributed by atoms with Crippen molar-refractivity contribution in [2.24, 2.45) is 0 Å². The highest BCUT2D eigenvalue weighted by atomic mass is 32.1. The molecule has 1 saturated heterocycles. The third kappa shape index (κ3) is 3.37. The van der Waals surface area contributed by atoms with Crippen LogP contribution in [0.25, 0.3) is 21.7 Å². The molecule has 3 N–H and O–H groups in total. The molecule has 48 heavy (non-hydrogen) atoms. The molecule has 3 atom stereocenters. The predicted octanol–water partition coefficient (Wildman–Crippen LogP) is 7.31. The van der Waals surface area contributed by atoms with E-state index in [2.05, 4.69) is 55.3 Å². The minimum Gasteiger partial charge on any atom is -0.448 e. The van der Waals surface area contributed by atoms with Crippen LogP contribution in [-0.4, -0.2) is 35.1 Å². The number of anilines is 2. The van der Waals surface area contributed by atoms with Gasteiger partial charge in [0.15, 0.2) is 11.0 Å². The molecule has 7 aromatic heterocycles. The molecular weight excluding hydrogens is 627 g/mol. The first-order valence-electron chi connectivity index (χ1n) is 15.3. The van der Waals surface area contributed by atoms with Crippen LogP contribution in [0.15, 0.2) is 141 Å². The van der Waals surface area contributed by atoms with E-state index < -0.39 is 17.0 Å². The maximum absolute atomic E-state index is 6.49. The number of thiazole rings is 1. The van der Waals surface area contributed by atoms with Crippen LogP contribution in [-0.2, 0) is 11.0 Å². The standard InChI is InChI=1S/C35H25N9O3S/c1-3-8-24-23(7-1)21-40-29(24)30-34(32-38-14-18-46-32,33-39-15-19-48-33)35(26-11-17-47-42-26,31-36-12-13-37-31)44(28-10-5-16-45-28)43(30)27-20-22-6-2-4-9-25(22)41-27/h1-21,30,40-41H,(H,36,37). The monoisotopic (exact) mass is 651 g/mol. The van der Waals surface area contributed by atoms with Crippen molar-refractivity contribution in [1.29, 1.82) is 0 Å². The van der Waals surface area contributed by atoms with Gasteiger partial charge < -0.3 is 28.3 Å². The Labute approximate surface area is 275 Å². The Morgan fingerprint density at radius 2 is 1.73 bits per heavy atom. The summed E-state index contributed by atoms with van der Waals surface area (Å²) >= 11 is 1.50. The van der Waals surface area contributed by atoms with E-state index in [-0.39, 0.29) is 0 Å². The normalized spacial score (nSPS) is 21.2. The fourth-order valence-electron chi connectivity index (χ4n) is 7.63. The second kappa shape index (κ2) is 10.1. The van der Waals surface area contributed by atoms with Crippen LogP contribution in [0.4, 0.5) is 11.7 Å². The maximum Gasteiger partial charge on any atom is 0.215 e. The summed E-state index contributed by atoms with van der Waals surface area (Å²) in [7, 11) is 0. The molecule has 1 aliphatic rings. The van der Waals surface area contributed by atoms with Gasteiger partial charge in [0.25, 0.3) is 0 Å². The van der Waals surface area contributed by atoms with Gasteiger partial charge >= 0.3 is 0 Å². The molecule has 3 unspecified atom stereocenters. The first-order chi connectivity index (χ1) is 23.8. The Kier molecular flexibility index (Phi) is 5.63. The number of hydrogen-bond acceptors (Lipinski definition) is 10.